The van der Waals surface area contributed by atoms with Gasteiger partial charge in [-0.1, -0.05) is 12.2 Å². The average Bonchev–Trinajstić information content (AvgIpc) is 3.06. The highest BCUT2D eigenvalue weighted by Gasteiger charge is 2.35. The molecule has 1 heterocycles. The standard InChI is InChI=1S/C14H22N2O/c17-14(16-5-1-2-6-16)10-15-9-13-8-11-3-4-12(13)7-11/h3-4,11-13,15H,1-2,5-10H2. The number of carbonyl (C=O) groups is 1. The number of amides is 1. The van der Waals surface area contributed by atoms with Crippen molar-refractivity contribution in [2.24, 2.45) is 17.8 Å². The van der Waals surface area contributed by atoms with Crippen LogP contribution in [0.4, 0.5) is 0 Å². The summed E-state index contributed by atoms with van der Waals surface area (Å²) in [5.74, 6) is 2.69. The van der Waals surface area contributed by atoms with E-state index in [2.05, 4.69) is 17.5 Å². The Hall–Kier alpha value is -0.830. The maximum Gasteiger partial charge on any atom is 0.236 e. The van der Waals surface area contributed by atoms with Crippen molar-refractivity contribution in [1.82, 2.24) is 10.2 Å². The molecular formula is C14H22N2O. The van der Waals surface area contributed by atoms with Gasteiger partial charge in [0, 0.05) is 13.1 Å². The van der Waals surface area contributed by atoms with Crippen molar-refractivity contribution in [2.75, 3.05) is 26.2 Å². The van der Waals surface area contributed by atoms with Crippen LogP contribution < -0.4 is 5.32 Å². The molecule has 3 atom stereocenters. The third-order valence-corrected chi connectivity index (χ3v) is 4.56. The molecule has 0 spiro atoms. The summed E-state index contributed by atoms with van der Waals surface area (Å²) < 4.78 is 0. The van der Waals surface area contributed by atoms with Gasteiger partial charge in [0.25, 0.3) is 0 Å². The maximum absolute atomic E-state index is 11.8. The van der Waals surface area contributed by atoms with E-state index in [-0.39, 0.29) is 0 Å². The van der Waals surface area contributed by atoms with E-state index < -0.39 is 0 Å². The van der Waals surface area contributed by atoms with Gasteiger partial charge >= 0.3 is 0 Å². The second-order valence-corrected chi connectivity index (χ2v) is 5.76. The van der Waals surface area contributed by atoms with Gasteiger partial charge in [-0.2, -0.15) is 0 Å². The maximum atomic E-state index is 11.8. The fourth-order valence-electron chi connectivity index (χ4n) is 3.57. The largest absolute Gasteiger partial charge is 0.342 e. The third-order valence-electron chi connectivity index (χ3n) is 4.56. The molecule has 3 nitrogen and oxygen atoms in total. The number of nitrogens with zero attached hydrogens (tertiary/aromatic N) is 1. The van der Waals surface area contributed by atoms with E-state index in [0.29, 0.717) is 12.5 Å². The van der Waals surface area contributed by atoms with Crippen LogP contribution in [0.1, 0.15) is 25.7 Å². The molecule has 2 fully saturated rings. The van der Waals surface area contributed by atoms with Gasteiger partial charge < -0.3 is 10.2 Å². The fraction of sp³-hybridized carbons (Fsp3) is 0.786. The van der Waals surface area contributed by atoms with Crippen molar-refractivity contribution in [2.45, 2.75) is 25.7 Å². The number of likely N-dealkylation sites (tertiary alicyclic amines) is 1. The van der Waals surface area contributed by atoms with Crippen LogP contribution in [-0.4, -0.2) is 37.0 Å². The van der Waals surface area contributed by atoms with Gasteiger partial charge in [-0.25, -0.2) is 0 Å². The lowest BCUT2D eigenvalue weighted by Gasteiger charge is -2.20. The molecule has 0 radical (unpaired) electrons. The van der Waals surface area contributed by atoms with E-state index >= 15 is 0 Å². The zero-order valence-corrected chi connectivity index (χ0v) is 10.4. The van der Waals surface area contributed by atoms with Crippen molar-refractivity contribution < 1.29 is 4.79 Å². The molecule has 1 amide bonds. The molecule has 2 bridgehead atoms. The molecule has 0 aromatic heterocycles. The number of rotatable bonds is 4. The number of carbonyl (C=O) groups excluding carboxylic acids is 1. The first-order valence-corrected chi connectivity index (χ1v) is 7.00. The van der Waals surface area contributed by atoms with Crippen LogP contribution in [0.2, 0.25) is 0 Å². The Kier molecular flexibility index (Phi) is 3.19. The minimum Gasteiger partial charge on any atom is -0.342 e. The molecule has 0 aromatic carbocycles. The zero-order valence-electron chi connectivity index (χ0n) is 10.4. The van der Waals surface area contributed by atoms with Gasteiger partial charge in [-0.3, -0.25) is 4.79 Å². The molecule has 17 heavy (non-hydrogen) atoms. The first-order chi connectivity index (χ1) is 8.33. The summed E-state index contributed by atoms with van der Waals surface area (Å²) >= 11 is 0. The molecule has 2 aliphatic carbocycles. The minimum absolute atomic E-state index is 0.293. The van der Waals surface area contributed by atoms with Crippen LogP contribution in [0.3, 0.4) is 0 Å². The van der Waals surface area contributed by atoms with Gasteiger partial charge in [0.1, 0.15) is 0 Å². The minimum atomic E-state index is 0.293. The van der Waals surface area contributed by atoms with Gasteiger partial charge in [0.05, 0.1) is 6.54 Å². The van der Waals surface area contributed by atoms with E-state index in [1.54, 1.807) is 0 Å². The zero-order chi connectivity index (χ0) is 11.7. The van der Waals surface area contributed by atoms with E-state index in [0.717, 1.165) is 37.4 Å². The highest BCUT2D eigenvalue weighted by Crippen LogP contribution is 2.42. The topological polar surface area (TPSA) is 32.3 Å². The monoisotopic (exact) mass is 234 g/mol. The summed E-state index contributed by atoms with van der Waals surface area (Å²) in [7, 11) is 0. The Morgan fingerprint density at radius 2 is 2.06 bits per heavy atom. The molecule has 3 heteroatoms. The number of allylic oxidation sites excluding steroid dienone is 2. The number of nitrogens with one attached hydrogen (secondary N) is 1. The Morgan fingerprint density at radius 3 is 2.71 bits per heavy atom. The predicted molar refractivity (Wildman–Crippen MR) is 67.5 cm³/mol. The summed E-state index contributed by atoms with van der Waals surface area (Å²) in [4.78, 5) is 13.8. The van der Waals surface area contributed by atoms with E-state index in [1.807, 2.05) is 4.90 Å². The highest BCUT2D eigenvalue weighted by molar-refractivity contribution is 5.78. The lowest BCUT2D eigenvalue weighted by Crippen LogP contribution is -2.38. The molecule has 1 N–H and O–H groups in total. The summed E-state index contributed by atoms with van der Waals surface area (Å²) in [6.45, 7) is 3.50. The Balaban J connectivity index is 1.37. The summed E-state index contributed by atoms with van der Waals surface area (Å²) in [6.07, 6.45) is 9.80. The van der Waals surface area contributed by atoms with Crippen LogP contribution in [0.15, 0.2) is 12.2 Å². The average molecular weight is 234 g/mol. The van der Waals surface area contributed by atoms with Gasteiger partial charge in [-0.15, -0.1) is 0 Å². The summed E-state index contributed by atoms with van der Waals surface area (Å²) in [6, 6.07) is 0. The Bertz CT molecular complexity index is 320. The molecule has 1 aliphatic heterocycles. The van der Waals surface area contributed by atoms with Gasteiger partial charge in [-0.05, 0) is 50.0 Å². The van der Waals surface area contributed by atoms with Crippen molar-refractivity contribution >= 4 is 5.91 Å². The van der Waals surface area contributed by atoms with Crippen molar-refractivity contribution in [3.8, 4) is 0 Å². The molecule has 1 saturated heterocycles. The van der Waals surface area contributed by atoms with Crippen molar-refractivity contribution in [3.05, 3.63) is 12.2 Å². The molecule has 3 unspecified atom stereocenters. The lowest BCUT2D eigenvalue weighted by molar-refractivity contribution is -0.129. The van der Waals surface area contributed by atoms with Crippen LogP contribution in [0.5, 0.6) is 0 Å². The van der Waals surface area contributed by atoms with E-state index in [4.69, 9.17) is 0 Å². The van der Waals surface area contributed by atoms with E-state index in [1.165, 1.54) is 25.7 Å². The third kappa shape index (κ3) is 2.39. The Labute approximate surface area is 103 Å². The number of hydrogen-bond acceptors (Lipinski definition) is 2. The fourth-order valence-corrected chi connectivity index (χ4v) is 3.57. The second kappa shape index (κ2) is 4.81. The second-order valence-electron chi connectivity index (χ2n) is 5.76. The molecule has 3 rings (SSSR count). The summed E-state index contributed by atoms with van der Waals surface area (Å²) in [5, 5.41) is 3.36. The van der Waals surface area contributed by atoms with Crippen LogP contribution >= 0.6 is 0 Å². The first-order valence-electron chi connectivity index (χ1n) is 7.00. The van der Waals surface area contributed by atoms with Crippen molar-refractivity contribution in [3.63, 3.8) is 0 Å². The molecule has 94 valence electrons. The Morgan fingerprint density at radius 1 is 1.24 bits per heavy atom. The summed E-state index contributed by atoms with van der Waals surface area (Å²) in [5.41, 5.74) is 0. The highest BCUT2D eigenvalue weighted by atomic mass is 16.2. The number of hydrogen-bond donors (Lipinski definition) is 1. The molecule has 0 aromatic rings. The smallest absolute Gasteiger partial charge is 0.236 e. The normalized spacial score (nSPS) is 34.8. The molecular weight excluding hydrogens is 212 g/mol. The lowest BCUT2D eigenvalue weighted by atomic mass is 9.94. The van der Waals surface area contributed by atoms with Gasteiger partial charge in [0.2, 0.25) is 5.91 Å². The van der Waals surface area contributed by atoms with E-state index in [9.17, 15) is 4.79 Å². The SMILES string of the molecule is O=C(CNCC1CC2C=CC1C2)N1CCCC1. The van der Waals surface area contributed by atoms with Crippen LogP contribution in [-0.2, 0) is 4.79 Å². The quantitative estimate of drug-likeness (QED) is 0.746. The first kappa shape index (κ1) is 11.3. The molecule has 3 aliphatic rings. The van der Waals surface area contributed by atoms with Crippen LogP contribution in [0.25, 0.3) is 0 Å². The predicted octanol–water partition coefficient (Wildman–Crippen LogP) is 1.41. The number of fused-ring (bicyclic) bond motifs is 2. The van der Waals surface area contributed by atoms with Crippen LogP contribution in [0, 0.1) is 17.8 Å². The van der Waals surface area contributed by atoms with Crippen molar-refractivity contribution in [1.29, 1.82) is 0 Å². The van der Waals surface area contributed by atoms with Gasteiger partial charge in [0.15, 0.2) is 0 Å². The molecule has 1 saturated carbocycles.